The number of pyridine rings is 1. The van der Waals surface area contributed by atoms with E-state index >= 15 is 0 Å². The van der Waals surface area contributed by atoms with Crippen molar-refractivity contribution in [3.8, 4) is 5.75 Å². The van der Waals surface area contributed by atoms with Crippen molar-refractivity contribution >= 4 is 10.9 Å². The number of aliphatic hydroxyl groups is 1. The Kier molecular flexibility index (Phi) is 11.1. The Morgan fingerprint density at radius 1 is 0.828 bits per heavy atom. The van der Waals surface area contributed by atoms with Crippen LogP contribution in [-0.2, 0) is 0 Å². The van der Waals surface area contributed by atoms with Gasteiger partial charge in [-0.15, -0.1) is 0 Å². The van der Waals surface area contributed by atoms with Gasteiger partial charge in [0.2, 0.25) is 0 Å². The predicted octanol–water partition coefficient (Wildman–Crippen LogP) is 7.76. The molecule has 3 heteroatoms. The third-order valence-electron chi connectivity index (χ3n) is 5.49. The fourth-order valence-corrected chi connectivity index (χ4v) is 3.82. The van der Waals surface area contributed by atoms with Crippen molar-refractivity contribution in [3.05, 3.63) is 36.0 Å². The summed E-state index contributed by atoms with van der Waals surface area (Å²) >= 11 is 0. The van der Waals surface area contributed by atoms with Crippen molar-refractivity contribution in [2.24, 2.45) is 0 Å². The lowest BCUT2D eigenvalue weighted by molar-refractivity contribution is 0.159. The number of aliphatic hydroxyl groups excluding tert-OH is 1. The number of para-hydroxylation sites is 1. The summed E-state index contributed by atoms with van der Waals surface area (Å²) in [5.41, 5.74) is 1.60. The highest BCUT2D eigenvalue weighted by molar-refractivity contribution is 5.84. The molecule has 1 aromatic carbocycles. The number of aromatic nitrogens is 1. The van der Waals surface area contributed by atoms with Gasteiger partial charge in [-0.2, -0.15) is 0 Å². The van der Waals surface area contributed by atoms with Gasteiger partial charge in [0, 0.05) is 5.39 Å². The number of rotatable bonds is 15. The molecule has 0 bridgehead atoms. The molecule has 162 valence electrons. The van der Waals surface area contributed by atoms with E-state index in [1.165, 1.54) is 64.2 Å². The molecular weight excluding hydrogens is 358 g/mol. The maximum atomic E-state index is 10.6. The van der Waals surface area contributed by atoms with Crippen molar-refractivity contribution in [1.82, 2.24) is 4.98 Å². The number of unbranched alkanes of at least 4 members (excludes halogenated alkanes) is 10. The molecule has 0 amide bonds. The van der Waals surface area contributed by atoms with Gasteiger partial charge in [0.25, 0.3) is 0 Å². The summed E-state index contributed by atoms with van der Waals surface area (Å²) in [6.07, 6.45) is 14.9. The van der Waals surface area contributed by atoms with Crippen LogP contribution < -0.4 is 4.74 Å². The first-order valence-electron chi connectivity index (χ1n) is 11.9. The smallest absolute Gasteiger partial charge is 0.145 e. The van der Waals surface area contributed by atoms with Gasteiger partial charge in [-0.25, -0.2) is 4.98 Å². The standard InChI is InChI=1S/C26H41NO2/c1-4-5-6-7-8-9-10-11-12-13-14-17-24(28)23-20-19-22-16-15-18-25(26(22)27-23)29-21(2)3/h15-16,18-21,24,28H,4-14,17H2,1-3H3. The Labute approximate surface area is 177 Å². The highest BCUT2D eigenvalue weighted by Gasteiger charge is 2.12. The minimum Gasteiger partial charge on any atom is -0.489 e. The van der Waals surface area contributed by atoms with Crippen molar-refractivity contribution in [2.45, 2.75) is 110 Å². The molecule has 1 aromatic heterocycles. The Morgan fingerprint density at radius 3 is 2.07 bits per heavy atom. The van der Waals surface area contributed by atoms with Crippen LogP contribution in [0.25, 0.3) is 10.9 Å². The molecule has 0 aliphatic heterocycles. The Bertz CT molecular complexity index is 698. The van der Waals surface area contributed by atoms with Gasteiger partial charge in [0.1, 0.15) is 11.3 Å². The zero-order chi connectivity index (χ0) is 20.9. The molecule has 0 saturated carbocycles. The van der Waals surface area contributed by atoms with Gasteiger partial charge in [0.15, 0.2) is 0 Å². The molecule has 1 atom stereocenters. The monoisotopic (exact) mass is 399 g/mol. The second-order valence-corrected chi connectivity index (χ2v) is 8.57. The lowest BCUT2D eigenvalue weighted by Crippen LogP contribution is -2.07. The molecule has 0 fully saturated rings. The molecule has 1 unspecified atom stereocenters. The van der Waals surface area contributed by atoms with E-state index in [9.17, 15) is 5.11 Å². The van der Waals surface area contributed by atoms with Crippen LogP contribution in [0.3, 0.4) is 0 Å². The zero-order valence-corrected chi connectivity index (χ0v) is 18.8. The number of hydrogen-bond donors (Lipinski definition) is 1. The third-order valence-corrected chi connectivity index (χ3v) is 5.49. The van der Waals surface area contributed by atoms with Crippen molar-refractivity contribution in [2.75, 3.05) is 0 Å². The molecule has 3 nitrogen and oxygen atoms in total. The topological polar surface area (TPSA) is 42.4 Å². The van der Waals surface area contributed by atoms with E-state index in [1.807, 2.05) is 44.2 Å². The van der Waals surface area contributed by atoms with Gasteiger partial charge in [-0.05, 0) is 32.4 Å². The summed E-state index contributed by atoms with van der Waals surface area (Å²) in [7, 11) is 0. The Balaban J connectivity index is 1.70. The summed E-state index contributed by atoms with van der Waals surface area (Å²) in [5.74, 6) is 0.793. The first kappa shape index (κ1) is 23.7. The Morgan fingerprint density at radius 2 is 1.45 bits per heavy atom. The summed E-state index contributed by atoms with van der Waals surface area (Å²) < 4.78 is 5.89. The quantitative estimate of drug-likeness (QED) is 0.311. The average molecular weight is 400 g/mol. The van der Waals surface area contributed by atoms with Crippen LogP contribution >= 0.6 is 0 Å². The van der Waals surface area contributed by atoms with Gasteiger partial charge in [0.05, 0.1) is 17.9 Å². The number of ether oxygens (including phenoxy) is 1. The van der Waals surface area contributed by atoms with E-state index in [1.54, 1.807) is 0 Å². The van der Waals surface area contributed by atoms with Gasteiger partial charge >= 0.3 is 0 Å². The van der Waals surface area contributed by atoms with Crippen LogP contribution in [0.15, 0.2) is 30.3 Å². The van der Waals surface area contributed by atoms with E-state index in [0.29, 0.717) is 0 Å². The van der Waals surface area contributed by atoms with Crippen molar-refractivity contribution in [3.63, 3.8) is 0 Å². The van der Waals surface area contributed by atoms with Crippen LogP contribution in [-0.4, -0.2) is 16.2 Å². The lowest BCUT2D eigenvalue weighted by Gasteiger charge is -2.14. The number of fused-ring (bicyclic) bond motifs is 1. The molecule has 2 rings (SSSR count). The summed E-state index contributed by atoms with van der Waals surface area (Å²) in [6, 6.07) is 9.97. The molecule has 0 aliphatic rings. The van der Waals surface area contributed by atoms with Crippen LogP contribution in [0.2, 0.25) is 0 Å². The van der Waals surface area contributed by atoms with Crippen molar-refractivity contribution < 1.29 is 9.84 Å². The lowest BCUT2D eigenvalue weighted by atomic mass is 10.0. The van der Waals surface area contributed by atoms with Gasteiger partial charge < -0.3 is 9.84 Å². The summed E-state index contributed by atoms with van der Waals surface area (Å²) in [4.78, 5) is 4.72. The van der Waals surface area contributed by atoms with Crippen LogP contribution in [0.4, 0.5) is 0 Å². The average Bonchev–Trinajstić information content (AvgIpc) is 2.71. The third kappa shape index (κ3) is 8.74. The molecule has 0 radical (unpaired) electrons. The minimum atomic E-state index is -0.495. The Hall–Kier alpha value is -1.61. The summed E-state index contributed by atoms with van der Waals surface area (Å²) in [5, 5.41) is 11.6. The van der Waals surface area contributed by atoms with Gasteiger partial charge in [-0.1, -0.05) is 95.8 Å². The molecule has 29 heavy (non-hydrogen) atoms. The molecule has 0 aliphatic carbocycles. The second-order valence-electron chi connectivity index (χ2n) is 8.57. The van der Waals surface area contributed by atoms with E-state index < -0.39 is 6.10 Å². The predicted molar refractivity (Wildman–Crippen MR) is 124 cm³/mol. The zero-order valence-electron chi connectivity index (χ0n) is 18.8. The van der Waals surface area contributed by atoms with Crippen LogP contribution in [0, 0.1) is 0 Å². The van der Waals surface area contributed by atoms with Crippen LogP contribution in [0.5, 0.6) is 5.75 Å². The minimum absolute atomic E-state index is 0.104. The molecule has 2 aromatic rings. The normalized spacial score (nSPS) is 12.6. The van der Waals surface area contributed by atoms with E-state index in [0.717, 1.165) is 35.2 Å². The number of nitrogens with zero attached hydrogens (tertiary/aromatic N) is 1. The first-order valence-corrected chi connectivity index (χ1v) is 11.9. The number of benzene rings is 1. The summed E-state index contributed by atoms with van der Waals surface area (Å²) in [6.45, 7) is 6.31. The first-order chi connectivity index (χ1) is 14.1. The largest absolute Gasteiger partial charge is 0.489 e. The molecule has 1 heterocycles. The number of hydrogen-bond acceptors (Lipinski definition) is 3. The van der Waals surface area contributed by atoms with E-state index in [4.69, 9.17) is 9.72 Å². The molecule has 1 N–H and O–H groups in total. The molecular formula is C26H41NO2. The highest BCUT2D eigenvalue weighted by atomic mass is 16.5. The SMILES string of the molecule is CCCCCCCCCCCCCC(O)c1ccc2cccc(OC(C)C)c2n1. The van der Waals surface area contributed by atoms with E-state index in [2.05, 4.69) is 6.92 Å². The highest BCUT2D eigenvalue weighted by Crippen LogP contribution is 2.28. The fraction of sp³-hybridized carbons (Fsp3) is 0.654. The molecule has 0 saturated heterocycles. The second kappa shape index (κ2) is 13.6. The van der Waals surface area contributed by atoms with Gasteiger partial charge in [-0.3, -0.25) is 0 Å². The van der Waals surface area contributed by atoms with E-state index in [-0.39, 0.29) is 6.10 Å². The van der Waals surface area contributed by atoms with Crippen molar-refractivity contribution in [1.29, 1.82) is 0 Å². The molecule has 0 spiro atoms. The maximum Gasteiger partial charge on any atom is 0.145 e. The van der Waals surface area contributed by atoms with Crippen LogP contribution in [0.1, 0.15) is 110 Å². The fourth-order valence-electron chi connectivity index (χ4n) is 3.82. The maximum absolute atomic E-state index is 10.6.